The number of fused-ring (bicyclic) bond motifs is 2. The molecule has 134 valence electrons. The Morgan fingerprint density at radius 1 is 1.29 bits per heavy atom. The van der Waals surface area contributed by atoms with Crippen LogP contribution in [-0.2, 0) is 28.9 Å². The zero-order valence-electron chi connectivity index (χ0n) is 15.5. The lowest BCUT2D eigenvalue weighted by Gasteiger charge is -2.17. The molecule has 24 heavy (non-hydrogen) atoms. The third-order valence-electron chi connectivity index (χ3n) is 6.15. The first-order valence-corrected chi connectivity index (χ1v) is 9.41. The molecule has 1 fully saturated rings. The van der Waals surface area contributed by atoms with Gasteiger partial charge in [0.25, 0.3) is 0 Å². The number of ether oxygens (including phenoxy) is 1. The van der Waals surface area contributed by atoms with Gasteiger partial charge in [0.2, 0.25) is 0 Å². The van der Waals surface area contributed by atoms with Gasteiger partial charge in [-0.25, -0.2) is 4.68 Å². The summed E-state index contributed by atoms with van der Waals surface area (Å²) in [6, 6.07) is 0. The van der Waals surface area contributed by atoms with Crippen LogP contribution >= 0.6 is 0 Å². The molecule has 3 rings (SSSR count). The first kappa shape index (κ1) is 17.6. The Labute approximate surface area is 145 Å². The molecular formula is C19H31N3O2. The molecule has 0 saturated heterocycles. The number of hydrogen-bond donors (Lipinski definition) is 0. The van der Waals surface area contributed by atoms with Crippen molar-refractivity contribution in [2.24, 2.45) is 29.6 Å². The summed E-state index contributed by atoms with van der Waals surface area (Å²) in [4.78, 5) is 11.5. The zero-order valence-corrected chi connectivity index (χ0v) is 15.5. The summed E-state index contributed by atoms with van der Waals surface area (Å²) in [7, 11) is 1.81. The van der Waals surface area contributed by atoms with Gasteiger partial charge in [-0.1, -0.05) is 19.1 Å². The van der Waals surface area contributed by atoms with E-state index in [4.69, 9.17) is 4.74 Å². The number of ketones is 1. The van der Waals surface area contributed by atoms with E-state index in [1.54, 1.807) is 6.92 Å². The average molecular weight is 333 g/mol. The van der Waals surface area contributed by atoms with Crippen LogP contribution in [0.4, 0.5) is 0 Å². The summed E-state index contributed by atoms with van der Waals surface area (Å²) >= 11 is 0. The predicted molar refractivity (Wildman–Crippen MR) is 92.6 cm³/mol. The molecule has 0 N–H and O–H groups in total. The van der Waals surface area contributed by atoms with Gasteiger partial charge >= 0.3 is 0 Å². The Balaban J connectivity index is 1.62. The van der Waals surface area contributed by atoms with Crippen molar-refractivity contribution in [2.45, 2.75) is 59.4 Å². The lowest BCUT2D eigenvalue weighted by Crippen LogP contribution is -2.18. The highest BCUT2D eigenvalue weighted by atomic mass is 16.5. The van der Waals surface area contributed by atoms with Crippen molar-refractivity contribution in [1.29, 1.82) is 0 Å². The van der Waals surface area contributed by atoms with Crippen LogP contribution in [0.2, 0.25) is 0 Å². The van der Waals surface area contributed by atoms with E-state index >= 15 is 0 Å². The van der Waals surface area contributed by atoms with Crippen molar-refractivity contribution < 1.29 is 9.53 Å². The Morgan fingerprint density at radius 3 is 2.67 bits per heavy atom. The van der Waals surface area contributed by atoms with Gasteiger partial charge in [0.05, 0.1) is 11.4 Å². The van der Waals surface area contributed by atoms with Crippen molar-refractivity contribution in [3.63, 3.8) is 0 Å². The normalized spacial score (nSPS) is 28.2. The molecule has 0 spiro atoms. The Hall–Kier alpha value is -1.23. The van der Waals surface area contributed by atoms with Gasteiger partial charge in [-0.2, -0.15) is 0 Å². The lowest BCUT2D eigenvalue weighted by atomic mass is 9.94. The summed E-state index contributed by atoms with van der Waals surface area (Å²) in [5, 5.41) is 8.89. The maximum absolute atomic E-state index is 11.5. The highest BCUT2D eigenvalue weighted by Gasteiger charge is 2.49. The monoisotopic (exact) mass is 333 g/mol. The fourth-order valence-electron chi connectivity index (χ4n) is 4.55. The van der Waals surface area contributed by atoms with Crippen LogP contribution in [0.3, 0.4) is 0 Å². The van der Waals surface area contributed by atoms with Crippen LogP contribution in [-0.4, -0.2) is 34.5 Å². The SMILES string of the molecule is COCC1[C@H]2CCc3c(nnn3CC(C)CC(C)C(C)=O)CC[C@@H]12. The van der Waals surface area contributed by atoms with Gasteiger partial charge in [-0.3, -0.25) is 4.79 Å². The second-order valence-corrected chi connectivity index (χ2v) is 8.04. The molecule has 0 bridgehead atoms. The van der Waals surface area contributed by atoms with Crippen molar-refractivity contribution in [3.8, 4) is 0 Å². The molecule has 1 aromatic heterocycles. The number of carbonyl (C=O) groups is 1. The van der Waals surface area contributed by atoms with Gasteiger partial charge < -0.3 is 4.74 Å². The van der Waals surface area contributed by atoms with E-state index < -0.39 is 0 Å². The van der Waals surface area contributed by atoms with Crippen LogP contribution in [0.1, 0.15) is 51.4 Å². The second-order valence-electron chi connectivity index (χ2n) is 8.04. The molecule has 0 radical (unpaired) electrons. The Morgan fingerprint density at radius 2 is 2.00 bits per heavy atom. The Bertz CT molecular complexity index is 583. The van der Waals surface area contributed by atoms with Crippen molar-refractivity contribution in [1.82, 2.24) is 15.0 Å². The molecular weight excluding hydrogens is 302 g/mol. The van der Waals surface area contributed by atoms with E-state index in [2.05, 4.69) is 21.9 Å². The van der Waals surface area contributed by atoms with E-state index in [9.17, 15) is 4.79 Å². The number of Topliss-reactive ketones (excluding diaryl/α,β-unsaturated/α-hetero) is 1. The van der Waals surface area contributed by atoms with Gasteiger partial charge in [0, 0.05) is 26.2 Å². The van der Waals surface area contributed by atoms with Crippen LogP contribution in [0.25, 0.3) is 0 Å². The molecule has 1 saturated carbocycles. The molecule has 0 amide bonds. The maximum atomic E-state index is 11.5. The minimum absolute atomic E-state index is 0.132. The Kier molecular flexibility index (Phi) is 5.38. The fraction of sp³-hybridized carbons (Fsp3) is 0.842. The molecule has 1 heterocycles. The third-order valence-corrected chi connectivity index (χ3v) is 6.15. The van der Waals surface area contributed by atoms with Gasteiger partial charge in [-0.15, -0.1) is 5.10 Å². The predicted octanol–water partition coefficient (Wildman–Crippen LogP) is 2.92. The number of methoxy groups -OCH3 is 1. The molecule has 5 atom stereocenters. The highest BCUT2D eigenvalue weighted by molar-refractivity contribution is 5.77. The smallest absolute Gasteiger partial charge is 0.132 e. The number of aromatic nitrogens is 3. The molecule has 2 aliphatic rings. The second kappa shape index (κ2) is 7.34. The first-order valence-electron chi connectivity index (χ1n) is 9.41. The third kappa shape index (κ3) is 3.71. The van der Waals surface area contributed by atoms with Crippen LogP contribution in [0, 0.1) is 29.6 Å². The van der Waals surface area contributed by atoms with E-state index in [0.717, 1.165) is 50.2 Å². The number of rotatable bonds is 7. The largest absolute Gasteiger partial charge is 0.384 e. The average Bonchev–Trinajstić information content (AvgIpc) is 3.01. The van der Waals surface area contributed by atoms with Gasteiger partial charge in [0.1, 0.15) is 5.78 Å². The fourth-order valence-corrected chi connectivity index (χ4v) is 4.55. The quantitative estimate of drug-likeness (QED) is 0.770. The van der Waals surface area contributed by atoms with Crippen molar-refractivity contribution in [2.75, 3.05) is 13.7 Å². The summed E-state index contributed by atoms with van der Waals surface area (Å²) in [5.74, 6) is 3.27. The van der Waals surface area contributed by atoms with Gasteiger partial charge in [0.15, 0.2) is 0 Å². The van der Waals surface area contributed by atoms with E-state index in [1.165, 1.54) is 24.2 Å². The first-order chi connectivity index (χ1) is 11.5. The lowest BCUT2D eigenvalue weighted by molar-refractivity contribution is -0.120. The maximum Gasteiger partial charge on any atom is 0.132 e. The molecule has 1 aromatic rings. The number of carbonyl (C=O) groups excluding carboxylic acids is 1. The molecule has 3 unspecified atom stereocenters. The summed E-state index contributed by atoms with van der Waals surface area (Å²) in [6.07, 6.45) is 5.51. The number of aryl methyl sites for hydroxylation is 1. The van der Waals surface area contributed by atoms with E-state index in [1.807, 2.05) is 14.0 Å². The summed E-state index contributed by atoms with van der Waals surface area (Å²) in [6.45, 7) is 7.70. The van der Waals surface area contributed by atoms with E-state index in [-0.39, 0.29) is 11.7 Å². The number of nitrogens with zero attached hydrogens (tertiary/aromatic N) is 3. The topological polar surface area (TPSA) is 57.0 Å². The van der Waals surface area contributed by atoms with Crippen molar-refractivity contribution in [3.05, 3.63) is 11.4 Å². The van der Waals surface area contributed by atoms with Gasteiger partial charge in [-0.05, 0) is 62.7 Å². The van der Waals surface area contributed by atoms with E-state index in [0.29, 0.717) is 5.92 Å². The molecule has 5 heteroatoms. The molecule has 2 aliphatic carbocycles. The zero-order chi connectivity index (χ0) is 17.3. The van der Waals surface area contributed by atoms with Crippen LogP contribution < -0.4 is 0 Å². The summed E-state index contributed by atoms with van der Waals surface area (Å²) < 4.78 is 7.48. The highest BCUT2D eigenvalue weighted by Crippen LogP contribution is 2.52. The number of hydrogen-bond acceptors (Lipinski definition) is 4. The molecule has 5 nitrogen and oxygen atoms in total. The molecule has 0 aliphatic heterocycles. The minimum Gasteiger partial charge on any atom is -0.384 e. The standard InChI is InChI=1S/C19H31N3O2/c1-12(9-13(2)14(3)23)10-22-19-8-6-16-15(17(16)11-24-4)5-7-18(19)20-21-22/h12-13,15-17H,5-11H2,1-4H3/t12?,13?,15-,16+,17?/m1/s1. The van der Waals surface area contributed by atoms with Crippen molar-refractivity contribution >= 4 is 5.78 Å². The van der Waals surface area contributed by atoms with Crippen LogP contribution in [0.15, 0.2) is 0 Å². The minimum atomic E-state index is 0.132. The summed E-state index contributed by atoms with van der Waals surface area (Å²) in [5.41, 5.74) is 2.53. The molecule has 0 aromatic carbocycles. The van der Waals surface area contributed by atoms with Crippen LogP contribution in [0.5, 0.6) is 0 Å².